The molecule has 2 heterocycles. The maximum Gasteiger partial charge on any atom is 0.322 e. The molecule has 3 rings (SSSR count). The number of aromatic nitrogens is 1. The number of aliphatic imine (C=N–C) groups is 1. The number of Topliss-reactive ketones (excluding diaryl/α,β-unsaturated/α-hetero) is 1. The zero-order valence-electron chi connectivity index (χ0n) is 17.7. The molecule has 0 N–H and O–H groups in total. The number of methoxy groups -OCH3 is 1. The third-order valence-electron chi connectivity index (χ3n) is 5.09. The van der Waals surface area contributed by atoms with Gasteiger partial charge in [0, 0.05) is 17.1 Å². The summed E-state index contributed by atoms with van der Waals surface area (Å²) in [5.74, 6) is -1.04. The fourth-order valence-electron chi connectivity index (χ4n) is 3.68. The Hall–Kier alpha value is -3.15. The molecule has 2 aromatic rings. The molecule has 1 atom stereocenters. The van der Waals surface area contributed by atoms with Gasteiger partial charge in [-0.1, -0.05) is 6.07 Å². The van der Waals surface area contributed by atoms with Gasteiger partial charge >= 0.3 is 5.97 Å². The van der Waals surface area contributed by atoms with E-state index in [-0.39, 0.29) is 18.1 Å². The van der Waals surface area contributed by atoms with Gasteiger partial charge < -0.3 is 14.0 Å². The Morgan fingerprint density at radius 3 is 2.59 bits per heavy atom. The van der Waals surface area contributed by atoms with Crippen LogP contribution in [0.15, 0.2) is 35.0 Å². The Balaban J connectivity index is 2.03. The van der Waals surface area contributed by atoms with E-state index in [1.807, 2.05) is 39.0 Å². The van der Waals surface area contributed by atoms with Crippen LogP contribution in [0.1, 0.15) is 36.4 Å². The van der Waals surface area contributed by atoms with Crippen molar-refractivity contribution < 1.29 is 19.1 Å². The van der Waals surface area contributed by atoms with Gasteiger partial charge in [0.05, 0.1) is 19.4 Å². The average Bonchev–Trinajstić information content (AvgIpc) is 3.10. The summed E-state index contributed by atoms with van der Waals surface area (Å²) in [5, 5.41) is 0. The monoisotopic (exact) mass is 394 g/mol. The fraction of sp³-hybridized carbons (Fsp3) is 0.348. The topological polar surface area (TPSA) is 69.9 Å². The molecule has 1 aromatic heterocycles. The number of allylic oxidation sites excluding steroid dienone is 1. The van der Waals surface area contributed by atoms with Gasteiger partial charge in [0.2, 0.25) is 5.78 Å². The molecular formula is C23H26N2O4. The van der Waals surface area contributed by atoms with Crippen molar-refractivity contribution in [3.05, 3.63) is 52.5 Å². The van der Waals surface area contributed by atoms with Crippen LogP contribution in [0.2, 0.25) is 0 Å². The predicted octanol–water partition coefficient (Wildman–Crippen LogP) is 3.97. The van der Waals surface area contributed by atoms with E-state index in [9.17, 15) is 9.59 Å². The molecule has 0 saturated carbocycles. The molecule has 6 nitrogen and oxygen atoms in total. The van der Waals surface area contributed by atoms with Gasteiger partial charge in [-0.25, -0.2) is 0 Å². The number of ketones is 1. The van der Waals surface area contributed by atoms with Gasteiger partial charge in [0.25, 0.3) is 0 Å². The molecule has 1 unspecified atom stereocenters. The predicted molar refractivity (Wildman–Crippen MR) is 113 cm³/mol. The molecule has 0 bridgehead atoms. The van der Waals surface area contributed by atoms with Gasteiger partial charge in [0.15, 0.2) is 5.92 Å². The van der Waals surface area contributed by atoms with Gasteiger partial charge in [0.1, 0.15) is 11.4 Å². The third kappa shape index (κ3) is 3.75. The van der Waals surface area contributed by atoms with Crippen molar-refractivity contribution >= 4 is 23.5 Å². The molecule has 0 radical (unpaired) electrons. The summed E-state index contributed by atoms with van der Waals surface area (Å²) in [6.07, 6.45) is 1.74. The van der Waals surface area contributed by atoms with E-state index < -0.39 is 11.9 Å². The number of hydrogen-bond acceptors (Lipinski definition) is 5. The van der Waals surface area contributed by atoms with Crippen molar-refractivity contribution in [1.29, 1.82) is 0 Å². The quantitative estimate of drug-likeness (QED) is 0.437. The maximum absolute atomic E-state index is 12.7. The minimum absolute atomic E-state index is 0.231. The number of esters is 1. The number of benzene rings is 1. The number of hydrogen-bond donors (Lipinski definition) is 0. The molecule has 0 aliphatic carbocycles. The molecule has 152 valence electrons. The number of ether oxygens (including phenoxy) is 2. The average molecular weight is 394 g/mol. The molecule has 0 amide bonds. The zero-order chi connectivity index (χ0) is 21.3. The number of aryl methyl sites for hydroxylation is 2. The zero-order valence-corrected chi connectivity index (χ0v) is 17.7. The summed E-state index contributed by atoms with van der Waals surface area (Å²) in [5.41, 5.74) is 5.64. The summed E-state index contributed by atoms with van der Waals surface area (Å²) >= 11 is 0. The van der Waals surface area contributed by atoms with Gasteiger partial charge in [-0.3, -0.25) is 14.6 Å². The van der Waals surface area contributed by atoms with E-state index in [1.54, 1.807) is 27.0 Å². The first-order chi connectivity index (χ1) is 13.8. The van der Waals surface area contributed by atoms with Crippen molar-refractivity contribution in [2.45, 2.75) is 34.6 Å². The molecular weight excluding hydrogens is 368 g/mol. The smallest absolute Gasteiger partial charge is 0.322 e. The van der Waals surface area contributed by atoms with E-state index in [1.165, 1.54) is 0 Å². The van der Waals surface area contributed by atoms with Crippen molar-refractivity contribution in [3.8, 4) is 11.4 Å². The Kier molecular flexibility index (Phi) is 5.73. The van der Waals surface area contributed by atoms with Crippen LogP contribution < -0.4 is 4.74 Å². The second kappa shape index (κ2) is 8.07. The number of carbonyl (C=O) groups is 2. The molecule has 0 fully saturated rings. The Labute approximate surface area is 170 Å². The van der Waals surface area contributed by atoms with Crippen LogP contribution in [0.3, 0.4) is 0 Å². The molecule has 1 aromatic carbocycles. The van der Waals surface area contributed by atoms with Gasteiger partial charge in [-0.15, -0.1) is 0 Å². The van der Waals surface area contributed by atoms with E-state index in [2.05, 4.69) is 15.6 Å². The van der Waals surface area contributed by atoms with Crippen molar-refractivity contribution in [2.24, 2.45) is 10.9 Å². The van der Waals surface area contributed by atoms with E-state index in [0.29, 0.717) is 5.71 Å². The number of rotatable bonds is 5. The van der Waals surface area contributed by atoms with E-state index >= 15 is 0 Å². The van der Waals surface area contributed by atoms with Crippen molar-refractivity contribution in [1.82, 2.24) is 4.57 Å². The van der Waals surface area contributed by atoms with Crippen molar-refractivity contribution in [3.63, 3.8) is 0 Å². The van der Waals surface area contributed by atoms with Crippen LogP contribution in [0.4, 0.5) is 0 Å². The number of nitrogens with zero attached hydrogens (tertiary/aromatic N) is 2. The Morgan fingerprint density at radius 2 is 1.93 bits per heavy atom. The summed E-state index contributed by atoms with van der Waals surface area (Å²) in [7, 11) is 1.65. The number of carbonyl (C=O) groups excluding carboxylic acids is 2. The molecule has 1 aliphatic heterocycles. The van der Waals surface area contributed by atoms with Crippen LogP contribution in [-0.2, 0) is 14.3 Å². The lowest BCUT2D eigenvalue weighted by Gasteiger charge is -2.14. The third-order valence-corrected chi connectivity index (χ3v) is 5.09. The fourth-order valence-corrected chi connectivity index (χ4v) is 3.68. The first kappa shape index (κ1) is 20.6. The second-order valence-electron chi connectivity index (χ2n) is 7.17. The standard InChI is InChI=1S/C23H26N2O4/c1-7-29-23(27)21-15(4)24-18(22(21)26)12-17-11-14(3)25(16(17)5)19-10-13(2)8-9-20(19)28-6/h8-12,21H,7H2,1-6H3/b18-12+. The molecule has 29 heavy (non-hydrogen) atoms. The summed E-state index contributed by atoms with van der Waals surface area (Å²) in [4.78, 5) is 29.2. The Bertz CT molecular complexity index is 1040. The largest absolute Gasteiger partial charge is 0.495 e. The lowest BCUT2D eigenvalue weighted by Crippen LogP contribution is -2.28. The van der Waals surface area contributed by atoms with Gasteiger partial charge in [-0.05, 0) is 70.0 Å². The lowest BCUT2D eigenvalue weighted by atomic mass is 10.0. The maximum atomic E-state index is 12.7. The molecule has 1 aliphatic rings. The second-order valence-corrected chi connectivity index (χ2v) is 7.17. The highest BCUT2D eigenvalue weighted by Gasteiger charge is 2.38. The highest BCUT2D eigenvalue weighted by atomic mass is 16.5. The van der Waals surface area contributed by atoms with E-state index in [4.69, 9.17) is 9.47 Å². The summed E-state index contributed by atoms with van der Waals surface area (Å²) in [6.45, 7) is 9.65. The van der Waals surface area contributed by atoms with Crippen LogP contribution in [0.5, 0.6) is 5.75 Å². The highest BCUT2D eigenvalue weighted by molar-refractivity contribution is 6.28. The van der Waals surface area contributed by atoms with Gasteiger partial charge in [-0.2, -0.15) is 0 Å². The van der Waals surface area contributed by atoms with Crippen LogP contribution >= 0.6 is 0 Å². The SMILES string of the molecule is CCOC(=O)C1C(=O)/C(=C\c2cc(C)n(-c3cc(C)ccc3OC)c2C)N=C1C. The van der Waals surface area contributed by atoms with Crippen LogP contribution in [0, 0.1) is 26.7 Å². The lowest BCUT2D eigenvalue weighted by molar-refractivity contribution is -0.147. The minimum Gasteiger partial charge on any atom is -0.495 e. The minimum atomic E-state index is -0.943. The normalized spacial score (nSPS) is 17.6. The first-order valence-electron chi connectivity index (χ1n) is 9.60. The van der Waals surface area contributed by atoms with E-state index in [0.717, 1.165) is 34.0 Å². The molecule has 0 saturated heterocycles. The first-order valence-corrected chi connectivity index (χ1v) is 9.60. The van der Waals surface area contributed by atoms with Crippen LogP contribution in [0.25, 0.3) is 11.8 Å². The Morgan fingerprint density at radius 1 is 1.21 bits per heavy atom. The van der Waals surface area contributed by atoms with Crippen molar-refractivity contribution in [2.75, 3.05) is 13.7 Å². The summed E-state index contributed by atoms with van der Waals surface area (Å²) < 4.78 is 12.7. The van der Waals surface area contributed by atoms with Crippen LogP contribution in [-0.4, -0.2) is 35.7 Å². The molecule has 6 heteroatoms. The molecule has 0 spiro atoms. The summed E-state index contributed by atoms with van der Waals surface area (Å²) in [6, 6.07) is 8.01. The highest BCUT2D eigenvalue weighted by Crippen LogP contribution is 2.31.